The SMILES string of the molecule is OC[C@H]1OC(O)[C@H](O)[C@@H](OCCCCCCCCOc2ccc3cccnc3c2)[C@@H]1O. The van der Waals surface area contributed by atoms with Gasteiger partial charge in [0.15, 0.2) is 6.29 Å². The van der Waals surface area contributed by atoms with Crippen LogP contribution in [0, 0.1) is 0 Å². The highest BCUT2D eigenvalue weighted by atomic mass is 16.6. The molecule has 0 radical (unpaired) electrons. The molecule has 8 heteroatoms. The van der Waals surface area contributed by atoms with Crippen molar-refractivity contribution in [3.8, 4) is 5.75 Å². The summed E-state index contributed by atoms with van der Waals surface area (Å²) in [6.07, 6.45) is 1.83. The molecular weight excluding hydrogens is 402 g/mol. The van der Waals surface area contributed by atoms with Crippen molar-refractivity contribution in [3.63, 3.8) is 0 Å². The minimum Gasteiger partial charge on any atom is -0.494 e. The van der Waals surface area contributed by atoms with Crippen molar-refractivity contribution in [2.75, 3.05) is 19.8 Å². The molecule has 8 nitrogen and oxygen atoms in total. The smallest absolute Gasteiger partial charge is 0.184 e. The average molecular weight is 436 g/mol. The van der Waals surface area contributed by atoms with Crippen molar-refractivity contribution in [2.45, 2.75) is 69.2 Å². The van der Waals surface area contributed by atoms with Crippen molar-refractivity contribution < 1.29 is 34.6 Å². The number of benzene rings is 1. The lowest BCUT2D eigenvalue weighted by Crippen LogP contribution is -2.59. The lowest BCUT2D eigenvalue weighted by atomic mass is 9.99. The summed E-state index contributed by atoms with van der Waals surface area (Å²) in [5.41, 5.74) is 0.935. The highest BCUT2D eigenvalue weighted by Gasteiger charge is 2.44. The van der Waals surface area contributed by atoms with Gasteiger partial charge in [-0.25, -0.2) is 0 Å². The van der Waals surface area contributed by atoms with E-state index in [-0.39, 0.29) is 0 Å². The Labute approximate surface area is 182 Å². The summed E-state index contributed by atoms with van der Waals surface area (Å²) in [6.45, 7) is 0.588. The van der Waals surface area contributed by atoms with Crippen LogP contribution in [0.4, 0.5) is 0 Å². The fourth-order valence-electron chi connectivity index (χ4n) is 3.72. The molecule has 1 fully saturated rings. The van der Waals surface area contributed by atoms with Gasteiger partial charge in [0.1, 0.15) is 30.2 Å². The van der Waals surface area contributed by atoms with Crippen LogP contribution in [0.15, 0.2) is 36.5 Å². The Balaban J connectivity index is 1.22. The summed E-state index contributed by atoms with van der Waals surface area (Å²) in [6, 6.07) is 9.90. The van der Waals surface area contributed by atoms with Gasteiger partial charge in [0.25, 0.3) is 0 Å². The Morgan fingerprint density at radius 2 is 1.65 bits per heavy atom. The van der Waals surface area contributed by atoms with Crippen molar-refractivity contribution in [2.24, 2.45) is 0 Å². The van der Waals surface area contributed by atoms with Gasteiger partial charge >= 0.3 is 0 Å². The highest BCUT2D eigenvalue weighted by Crippen LogP contribution is 2.23. The fourth-order valence-corrected chi connectivity index (χ4v) is 3.72. The molecule has 1 saturated heterocycles. The third-order valence-electron chi connectivity index (χ3n) is 5.54. The lowest BCUT2D eigenvalue weighted by molar-refractivity contribution is -0.294. The first-order valence-corrected chi connectivity index (χ1v) is 11.0. The van der Waals surface area contributed by atoms with Gasteiger partial charge in [0.05, 0.1) is 18.7 Å². The van der Waals surface area contributed by atoms with Crippen molar-refractivity contribution in [1.29, 1.82) is 0 Å². The van der Waals surface area contributed by atoms with Crippen LogP contribution >= 0.6 is 0 Å². The Morgan fingerprint density at radius 1 is 0.903 bits per heavy atom. The number of hydrogen-bond acceptors (Lipinski definition) is 8. The molecule has 31 heavy (non-hydrogen) atoms. The van der Waals surface area contributed by atoms with Crippen LogP contribution in [0.3, 0.4) is 0 Å². The molecule has 0 spiro atoms. The van der Waals surface area contributed by atoms with E-state index in [4.69, 9.17) is 14.2 Å². The van der Waals surface area contributed by atoms with E-state index in [2.05, 4.69) is 4.98 Å². The number of pyridine rings is 1. The Kier molecular flexibility index (Phi) is 9.45. The number of aromatic nitrogens is 1. The van der Waals surface area contributed by atoms with Gasteiger partial charge in [-0.1, -0.05) is 31.7 Å². The lowest BCUT2D eigenvalue weighted by Gasteiger charge is -2.39. The second kappa shape index (κ2) is 12.3. The predicted octanol–water partition coefficient (Wildman–Crippen LogP) is 1.77. The summed E-state index contributed by atoms with van der Waals surface area (Å²) in [5, 5.41) is 39.9. The molecule has 5 atom stereocenters. The first-order valence-electron chi connectivity index (χ1n) is 11.0. The second-order valence-corrected chi connectivity index (χ2v) is 7.89. The van der Waals surface area contributed by atoms with Crippen LogP contribution in [-0.2, 0) is 9.47 Å². The van der Waals surface area contributed by atoms with Crippen molar-refractivity contribution >= 4 is 10.9 Å². The number of hydrogen-bond donors (Lipinski definition) is 4. The minimum atomic E-state index is -1.47. The molecular formula is C23H33NO7. The average Bonchev–Trinajstić information content (AvgIpc) is 2.79. The van der Waals surface area contributed by atoms with E-state index >= 15 is 0 Å². The molecule has 1 aromatic carbocycles. The fraction of sp³-hybridized carbons (Fsp3) is 0.609. The van der Waals surface area contributed by atoms with Gasteiger partial charge in [0, 0.05) is 24.3 Å². The number of rotatable bonds is 12. The molecule has 0 saturated carbocycles. The van der Waals surface area contributed by atoms with Gasteiger partial charge in [-0.2, -0.15) is 0 Å². The van der Waals surface area contributed by atoms with E-state index in [1.54, 1.807) is 6.20 Å². The predicted molar refractivity (Wildman–Crippen MR) is 115 cm³/mol. The van der Waals surface area contributed by atoms with E-state index in [1.807, 2.05) is 30.3 Å². The zero-order chi connectivity index (χ0) is 22.1. The monoisotopic (exact) mass is 435 g/mol. The number of aliphatic hydroxyl groups excluding tert-OH is 4. The molecule has 2 aromatic rings. The first kappa shape index (κ1) is 23.8. The van der Waals surface area contributed by atoms with Crippen LogP contribution in [0.25, 0.3) is 10.9 Å². The topological polar surface area (TPSA) is 122 Å². The van der Waals surface area contributed by atoms with Crippen molar-refractivity contribution in [3.05, 3.63) is 36.5 Å². The maximum atomic E-state index is 10.1. The Bertz CT molecular complexity index is 789. The van der Waals surface area contributed by atoms with Gasteiger partial charge in [-0.05, 0) is 31.0 Å². The van der Waals surface area contributed by atoms with Crippen LogP contribution in [0.5, 0.6) is 5.75 Å². The van der Waals surface area contributed by atoms with Crippen LogP contribution < -0.4 is 4.74 Å². The molecule has 0 aliphatic carbocycles. The second-order valence-electron chi connectivity index (χ2n) is 7.89. The number of aliphatic hydroxyl groups is 4. The number of fused-ring (bicyclic) bond motifs is 1. The molecule has 1 aliphatic heterocycles. The minimum absolute atomic E-state index is 0.364. The van der Waals surface area contributed by atoms with Crippen LogP contribution in [0.2, 0.25) is 0 Å². The van der Waals surface area contributed by atoms with E-state index < -0.39 is 37.3 Å². The van der Waals surface area contributed by atoms with Crippen LogP contribution in [-0.4, -0.2) is 75.9 Å². The number of unbranched alkanes of at least 4 members (excludes halogenated alkanes) is 5. The largest absolute Gasteiger partial charge is 0.494 e. The quantitative estimate of drug-likeness (QED) is 0.372. The standard InChI is InChI=1S/C23H33NO7/c25-15-19-20(26)22(21(27)23(28)31-19)30-13-6-4-2-1-3-5-12-29-17-10-9-16-8-7-11-24-18(16)14-17/h7-11,14,19-23,25-28H,1-6,12-13,15H2/t19-,20-,21-,22+,23?/m1/s1. The van der Waals surface area contributed by atoms with Gasteiger partial charge in [-0.15, -0.1) is 0 Å². The molecule has 0 bridgehead atoms. The van der Waals surface area contributed by atoms with E-state index in [0.717, 1.165) is 55.2 Å². The van der Waals surface area contributed by atoms with E-state index in [9.17, 15) is 20.4 Å². The molecule has 2 heterocycles. The molecule has 3 rings (SSSR count). The van der Waals surface area contributed by atoms with Crippen molar-refractivity contribution in [1.82, 2.24) is 4.98 Å². The highest BCUT2D eigenvalue weighted by molar-refractivity contribution is 5.79. The van der Waals surface area contributed by atoms with Gasteiger partial charge < -0.3 is 34.6 Å². The molecule has 1 unspecified atom stereocenters. The Morgan fingerprint density at radius 3 is 2.42 bits per heavy atom. The zero-order valence-electron chi connectivity index (χ0n) is 17.7. The summed E-state index contributed by atoms with van der Waals surface area (Å²) < 4.78 is 16.3. The number of nitrogens with zero attached hydrogens (tertiary/aromatic N) is 1. The Hall–Kier alpha value is -1.81. The summed E-state index contributed by atoms with van der Waals surface area (Å²) in [4.78, 5) is 4.34. The zero-order valence-corrected chi connectivity index (χ0v) is 17.7. The van der Waals surface area contributed by atoms with E-state index in [0.29, 0.717) is 13.2 Å². The molecule has 1 aliphatic rings. The molecule has 0 amide bonds. The van der Waals surface area contributed by atoms with Crippen LogP contribution in [0.1, 0.15) is 38.5 Å². The summed E-state index contributed by atoms with van der Waals surface area (Å²) in [5.74, 6) is 0.842. The number of ether oxygens (including phenoxy) is 3. The molecule has 1 aromatic heterocycles. The third kappa shape index (κ3) is 6.83. The van der Waals surface area contributed by atoms with E-state index in [1.165, 1.54) is 0 Å². The normalized spacial score (nSPS) is 26.3. The maximum Gasteiger partial charge on any atom is 0.184 e. The van der Waals surface area contributed by atoms with Gasteiger partial charge in [0.2, 0.25) is 0 Å². The first-order chi connectivity index (χ1) is 15.1. The maximum absolute atomic E-state index is 10.1. The third-order valence-corrected chi connectivity index (χ3v) is 5.54. The molecule has 4 N–H and O–H groups in total. The summed E-state index contributed by atoms with van der Waals surface area (Å²) in [7, 11) is 0. The summed E-state index contributed by atoms with van der Waals surface area (Å²) >= 11 is 0. The molecule has 172 valence electrons. The van der Waals surface area contributed by atoms with Gasteiger partial charge in [-0.3, -0.25) is 4.98 Å².